The molecule has 0 amide bonds. The molecule has 136 valence electrons. The minimum absolute atomic E-state index is 0.0190. The van der Waals surface area contributed by atoms with E-state index in [-0.39, 0.29) is 12.7 Å². The van der Waals surface area contributed by atoms with Crippen LogP contribution in [0, 0.1) is 0 Å². The van der Waals surface area contributed by atoms with E-state index >= 15 is 0 Å². The summed E-state index contributed by atoms with van der Waals surface area (Å²) in [7, 11) is 0. The fourth-order valence-corrected chi connectivity index (χ4v) is 5.41. The van der Waals surface area contributed by atoms with Crippen molar-refractivity contribution in [3.05, 3.63) is 44.8 Å². The van der Waals surface area contributed by atoms with Crippen molar-refractivity contribution in [1.82, 2.24) is 4.98 Å². The molecule has 1 saturated carbocycles. The van der Waals surface area contributed by atoms with Gasteiger partial charge in [-0.3, -0.25) is 4.98 Å². The highest BCUT2D eigenvalue weighted by molar-refractivity contribution is 9.10. The number of fused-ring (bicyclic) bond motifs is 1. The minimum atomic E-state index is 0.0190. The average molecular weight is 453 g/mol. The van der Waals surface area contributed by atoms with E-state index in [9.17, 15) is 5.11 Å². The number of halogens is 2. The number of nitrogens with zero attached hydrogens (tertiary/aromatic N) is 1. The summed E-state index contributed by atoms with van der Waals surface area (Å²) in [6.07, 6.45) is 7.95. The van der Waals surface area contributed by atoms with Gasteiger partial charge in [-0.1, -0.05) is 18.0 Å². The number of pyridine rings is 1. The second-order valence-corrected chi connectivity index (χ2v) is 9.01. The maximum absolute atomic E-state index is 9.49. The largest absolute Gasteiger partial charge is 0.489 e. The molecule has 26 heavy (non-hydrogen) atoms. The zero-order valence-electron chi connectivity index (χ0n) is 14.2. The lowest BCUT2D eigenvalue weighted by atomic mass is 9.97. The Morgan fingerprint density at radius 3 is 2.77 bits per heavy atom. The molecule has 0 spiro atoms. The van der Waals surface area contributed by atoms with E-state index in [1.165, 1.54) is 19.3 Å². The summed E-state index contributed by atoms with van der Waals surface area (Å²) in [6, 6.07) is 7.77. The Labute approximate surface area is 170 Å². The number of thiophene rings is 1. The van der Waals surface area contributed by atoms with Crippen molar-refractivity contribution in [2.24, 2.45) is 0 Å². The highest BCUT2D eigenvalue weighted by Crippen LogP contribution is 2.44. The summed E-state index contributed by atoms with van der Waals surface area (Å²) in [5, 5.41) is 10.1. The van der Waals surface area contributed by atoms with Crippen LogP contribution in [0.1, 0.15) is 37.0 Å². The molecule has 3 aromatic rings. The molecule has 2 heterocycles. The van der Waals surface area contributed by atoms with Crippen molar-refractivity contribution in [3.8, 4) is 16.9 Å². The molecule has 0 atom stereocenters. The van der Waals surface area contributed by atoms with E-state index in [1.54, 1.807) is 17.5 Å². The molecule has 0 aliphatic heterocycles. The van der Waals surface area contributed by atoms with Crippen LogP contribution in [0.2, 0.25) is 5.02 Å². The van der Waals surface area contributed by atoms with Crippen LogP contribution in [0.3, 0.4) is 0 Å². The summed E-state index contributed by atoms with van der Waals surface area (Å²) in [4.78, 5) is 5.34. The number of rotatable bonds is 4. The molecule has 1 aliphatic carbocycles. The molecule has 1 aromatic carbocycles. The average Bonchev–Trinajstić information content (AvgIpc) is 3.08. The van der Waals surface area contributed by atoms with Crippen molar-refractivity contribution in [2.75, 3.05) is 0 Å². The lowest BCUT2D eigenvalue weighted by molar-refractivity contribution is 0.155. The van der Waals surface area contributed by atoms with Gasteiger partial charge in [-0.25, -0.2) is 0 Å². The van der Waals surface area contributed by atoms with Crippen LogP contribution in [0.15, 0.2) is 34.9 Å². The van der Waals surface area contributed by atoms with Crippen LogP contribution >= 0.6 is 38.9 Å². The Kier molecular flexibility index (Phi) is 5.50. The van der Waals surface area contributed by atoms with Crippen LogP contribution < -0.4 is 4.74 Å². The first-order chi connectivity index (χ1) is 12.7. The monoisotopic (exact) mass is 451 g/mol. The Bertz CT molecular complexity index is 937. The van der Waals surface area contributed by atoms with E-state index < -0.39 is 0 Å². The van der Waals surface area contributed by atoms with E-state index in [0.29, 0.717) is 5.02 Å². The Morgan fingerprint density at radius 1 is 1.19 bits per heavy atom. The number of aliphatic hydroxyl groups excluding tert-OH is 1. The molecule has 1 fully saturated rings. The van der Waals surface area contributed by atoms with Gasteiger partial charge in [-0.2, -0.15) is 0 Å². The molecule has 6 heteroatoms. The highest BCUT2D eigenvalue weighted by atomic mass is 79.9. The zero-order valence-corrected chi connectivity index (χ0v) is 17.3. The topological polar surface area (TPSA) is 42.4 Å². The van der Waals surface area contributed by atoms with Gasteiger partial charge < -0.3 is 9.84 Å². The van der Waals surface area contributed by atoms with Gasteiger partial charge >= 0.3 is 0 Å². The van der Waals surface area contributed by atoms with Gasteiger partial charge in [-0.05, 0) is 65.9 Å². The normalized spacial score (nSPS) is 15.5. The summed E-state index contributed by atoms with van der Waals surface area (Å²) >= 11 is 11.6. The second kappa shape index (κ2) is 7.85. The van der Waals surface area contributed by atoms with Gasteiger partial charge in [0, 0.05) is 27.2 Å². The highest BCUT2D eigenvalue weighted by Gasteiger charge is 2.21. The van der Waals surface area contributed by atoms with Crippen LogP contribution in [-0.4, -0.2) is 16.2 Å². The van der Waals surface area contributed by atoms with E-state index in [2.05, 4.69) is 20.9 Å². The fourth-order valence-electron chi connectivity index (χ4n) is 3.51. The fraction of sp³-hybridized carbons (Fsp3) is 0.350. The van der Waals surface area contributed by atoms with Crippen molar-refractivity contribution in [1.29, 1.82) is 0 Å². The van der Waals surface area contributed by atoms with Crippen molar-refractivity contribution < 1.29 is 9.84 Å². The predicted octanol–water partition coefficient (Wildman–Crippen LogP) is 6.58. The molecule has 3 nitrogen and oxygen atoms in total. The number of hydrogen-bond acceptors (Lipinski definition) is 4. The Morgan fingerprint density at radius 2 is 2.00 bits per heavy atom. The van der Waals surface area contributed by atoms with E-state index in [4.69, 9.17) is 16.3 Å². The molecule has 4 rings (SSSR count). The quantitative estimate of drug-likeness (QED) is 0.486. The first kappa shape index (κ1) is 18.2. The number of aromatic nitrogens is 1. The number of benzene rings is 1. The summed E-state index contributed by atoms with van der Waals surface area (Å²) in [6.45, 7) is 0.0190. The zero-order chi connectivity index (χ0) is 18.1. The first-order valence-electron chi connectivity index (χ1n) is 8.80. The molecule has 0 saturated heterocycles. The lowest BCUT2D eigenvalue weighted by Gasteiger charge is -2.25. The number of aliphatic hydroxyl groups is 1. The number of hydrogen-bond donors (Lipinski definition) is 1. The molecule has 2 aromatic heterocycles. The van der Waals surface area contributed by atoms with Crippen LogP contribution in [0.4, 0.5) is 0 Å². The summed E-state index contributed by atoms with van der Waals surface area (Å²) in [5.74, 6) is 0.841. The first-order valence-corrected chi connectivity index (χ1v) is 10.8. The van der Waals surface area contributed by atoms with Gasteiger partial charge in [0.2, 0.25) is 0 Å². The van der Waals surface area contributed by atoms with Crippen molar-refractivity contribution >= 4 is 49.1 Å². The SMILES string of the molecule is OCc1cc2nccc(-c3cc(Cl)cc(Br)c3OC3CCCCC3)c2s1. The van der Waals surface area contributed by atoms with Crippen LogP contribution in [0.25, 0.3) is 21.3 Å². The van der Waals surface area contributed by atoms with Crippen LogP contribution in [0.5, 0.6) is 5.75 Å². The maximum atomic E-state index is 9.49. The lowest BCUT2D eigenvalue weighted by Crippen LogP contribution is -2.20. The molecule has 0 radical (unpaired) electrons. The van der Waals surface area contributed by atoms with Gasteiger partial charge in [0.05, 0.1) is 27.4 Å². The third-order valence-corrected chi connectivity index (χ3v) is 6.70. The van der Waals surface area contributed by atoms with Gasteiger partial charge in [0.1, 0.15) is 5.75 Å². The molecule has 1 N–H and O–H groups in total. The molecule has 0 bridgehead atoms. The maximum Gasteiger partial charge on any atom is 0.141 e. The summed E-state index contributed by atoms with van der Waals surface area (Å²) in [5.41, 5.74) is 2.89. The third kappa shape index (κ3) is 3.63. The van der Waals surface area contributed by atoms with E-state index in [0.717, 1.165) is 49.3 Å². The minimum Gasteiger partial charge on any atom is -0.489 e. The predicted molar refractivity (Wildman–Crippen MR) is 111 cm³/mol. The molecular formula is C20H19BrClNO2S. The summed E-state index contributed by atoms with van der Waals surface area (Å²) < 4.78 is 8.35. The van der Waals surface area contributed by atoms with Gasteiger partial charge in [0.25, 0.3) is 0 Å². The van der Waals surface area contributed by atoms with Gasteiger partial charge in [-0.15, -0.1) is 11.3 Å². The van der Waals surface area contributed by atoms with Gasteiger partial charge in [0.15, 0.2) is 0 Å². The van der Waals surface area contributed by atoms with E-state index in [1.807, 2.05) is 24.3 Å². The third-order valence-electron chi connectivity index (χ3n) is 4.75. The van der Waals surface area contributed by atoms with Crippen molar-refractivity contribution in [2.45, 2.75) is 44.8 Å². The van der Waals surface area contributed by atoms with Crippen LogP contribution in [-0.2, 0) is 6.61 Å². The molecule has 1 aliphatic rings. The molecular weight excluding hydrogens is 434 g/mol. The smallest absolute Gasteiger partial charge is 0.141 e. The Hall–Kier alpha value is -1.14. The van der Waals surface area contributed by atoms with Crippen molar-refractivity contribution in [3.63, 3.8) is 0 Å². The standard InChI is InChI=1S/C20H19BrClNO2S/c21-17-9-12(22)8-16(19(17)25-13-4-2-1-3-5-13)15-6-7-23-18-10-14(11-24)26-20(15)18/h6-10,13,24H,1-5,11H2. The Balaban J connectivity index is 1.84. The molecule has 0 unspecified atom stereocenters. The second-order valence-electron chi connectivity index (χ2n) is 6.59. The number of ether oxygens (including phenoxy) is 1.